The zero-order valence-electron chi connectivity index (χ0n) is 8.75. The highest BCUT2D eigenvalue weighted by Gasteiger charge is 2.00. The van der Waals surface area contributed by atoms with Crippen molar-refractivity contribution in [3.63, 3.8) is 0 Å². The molecule has 0 aliphatic carbocycles. The first-order chi connectivity index (χ1) is 6.24. The Labute approximate surface area is 80.1 Å². The molecule has 0 amide bonds. The van der Waals surface area contributed by atoms with Gasteiger partial charge in [-0.2, -0.15) is 5.10 Å². The molecule has 3 heteroatoms. The quantitative estimate of drug-likeness (QED) is 0.699. The minimum Gasteiger partial charge on any atom is -0.320 e. The molecule has 1 aromatic rings. The van der Waals surface area contributed by atoms with Gasteiger partial charge in [0, 0.05) is 12.2 Å². The summed E-state index contributed by atoms with van der Waals surface area (Å²) < 4.78 is 2.01. The van der Waals surface area contributed by atoms with E-state index in [0.29, 0.717) is 6.04 Å². The maximum absolute atomic E-state index is 4.29. The molecular weight excluding hydrogens is 162 g/mol. The van der Waals surface area contributed by atoms with E-state index in [-0.39, 0.29) is 0 Å². The van der Waals surface area contributed by atoms with Crippen LogP contribution >= 0.6 is 0 Å². The molecule has 13 heavy (non-hydrogen) atoms. The fraction of sp³-hybridized carbons (Fsp3) is 0.700. The van der Waals surface area contributed by atoms with Crippen LogP contribution in [0.1, 0.15) is 31.9 Å². The standard InChI is InChI=1S/C10H19N3/c1-9(2)13-8-10(7-12-13)5-4-6-11-3/h7-9,11H,4-6H2,1-3H3. The van der Waals surface area contributed by atoms with Gasteiger partial charge in [-0.25, -0.2) is 0 Å². The number of nitrogens with zero attached hydrogens (tertiary/aromatic N) is 2. The molecule has 0 saturated heterocycles. The van der Waals surface area contributed by atoms with Gasteiger partial charge in [0.1, 0.15) is 0 Å². The second kappa shape index (κ2) is 5.02. The first-order valence-electron chi connectivity index (χ1n) is 4.91. The topological polar surface area (TPSA) is 29.9 Å². The lowest BCUT2D eigenvalue weighted by Crippen LogP contribution is -2.08. The molecule has 0 aliphatic heterocycles. The highest BCUT2D eigenvalue weighted by Crippen LogP contribution is 2.06. The molecule has 1 N–H and O–H groups in total. The number of hydrogen-bond donors (Lipinski definition) is 1. The van der Waals surface area contributed by atoms with Crippen LogP contribution in [0.5, 0.6) is 0 Å². The van der Waals surface area contributed by atoms with E-state index in [4.69, 9.17) is 0 Å². The fourth-order valence-electron chi connectivity index (χ4n) is 1.26. The van der Waals surface area contributed by atoms with E-state index >= 15 is 0 Å². The van der Waals surface area contributed by atoms with E-state index in [1.807, 2.05) is 17.9 Å². The average Bonchev–Trinajstić information content (AvgIpc) is 2.53. The Morgan fingerprint density at radius 3 is 2.85 bits per heavy atom. The van der Waals surface area contributed by atoms with Gasteiger partial charge in [-0.15, -0.1) is 0 Å². The van der Waals surface area contributed by atoms with Crippen molar-refractivity contribution in [2.45, 2.75) is 32.7 Å². The molecule has 0 radical (unpaired) electrons. The Kier molecular flexibility index (Phi) is 3.96. The van der Waals surface area contributed by atoms with E-state index in [1.54, 1.807) is 0 Å². The normalized spacial score (nSPS) is 11.1. The summed E-state index contributed by atoms with van der Waals surface area (Å²) in [5.41, 5.74) is 1.34. The van der Waals surface area contributed by atoms with E-state index < -0.39 is 0 Å². The Morgan fingerprint density at radius 1 is 1.54 bits per heavy atom. The second-order valence-electron chi connectivity index (χ2n) is 3.63. The van der Waals surface area contributed by atoms with Gasteiger partial charge in [0.2, 0.25) is 0 Å². The largest absolute Gasteiger partial charge is 0.320 e. The number of nitrogens with one attached hydrogen (secondary N) is 1. The summed E-state index contributed by atoms with van der Waals surface area (Å²) in [6.07, 6.45) is 6.41. The van der Waals surface area contributed by atoms with E-state index in [1.165, 1.54) is 12.0 Å². The molecule has 0 spiro atoms. The third kappa shape index (κ3) is 3.19. The van der Waals surface area contributed by atoms with Gasteiger partial charge >= 0.3 is 0 Å². The van der Waals surface area contributed by atoms with E-state index in [9.17, 15) is 0 Å². The monoisotopic (exact) mass is 181 g/mol. The molecule has 0 aromatic carbocycles. The predicted molar refractivity (Wildman–Crippen MR) is 54.9 cm³/mol. The van der Waals surface area contributed by atoms with E-state index in [0.717, 1.165) is 13.0 Å². The number of aromatic nitrogens is 2. The number of rotatable bonds is 5. The van der Waals surface area contributed by atoms with Crippen molar-refractivity contribution < 1.29 is 0 Å². The molecule has 1 aromatic heterocycles. The molecule has 1 heterocycles. The van der Waals surface area contributed by atoms with Gasteiger partial charge in [-0.05, 0) is 45.8 Å². The van der Waals surface area contributed by atoms with Crippen LogP contribution in [0.3, 0.4) is 0 Å². The second-order valence-corrected chi connectivity index (χ2v) is 3.63. The van der Waals surface area contributed by atoms with Crippen molar-refractivity contribution in [1.82, 2.24) is 15.1 Å². The van der Waals surface area contributed by atoms with Crippen molar-refractivity contribution in [3.8, 4) is 0 Å². The third-order valence-electron chi connectivity index (χ3n) is 2.08. The van der Waals surface area contributed by atoms with Crippen LogP contribution in [0.15, 0.2) is 12.4 Å². The van der Waals surface area contributed by atoms with Crippen molar-refractivity contribution in [1.29, 1.82) is 0 Å². The minimum absolute atomic E-state index is 0.470. The van der Waals surface area contributed by atoms with Crippen LogP contribution in [0.25, 0.3) is 0 Å². The summed E-state index contributed by atoms with van der Waals surface area (Å²) in [7, 11) is 1.98. The smallest absolute Gasteiger partial charge is 0.0521 e. The Hall–Kier alpha value is -0.830. The highest BCUT2D eigenvalue weighted by atomic mass is 15.3. The Morgan fingerprint density at radius 2 is 2.31 bits per heavy atom. The van der Waals surface area contributed by atoms with Crippen LogP contribution < -0.4 is 5.32 Å². The summed E-state index contributed by atoms with van der Waals surface area (Å²) in [4.78, 5) is 0. The van der Waals surface area contributed by atoms with Crippen LogP contribution in [-0.4, -0.2) is 23.4 Å². The van der Waals surface area contributed by atoms with Crippen molar-refractivity contribution >= 4 is 0 Å². The zero-order chi connectivity index (χ0) is 9.68. The number of hydrogen-bond acceptors (Lipinski definition) is 2. The summed E-state index contributed by atoms with van der Waals surface area (Å²) in [5.74, 6) is 0. The van der Waals surface area contributed by atoms with Gasteiger partial charge < -0.3 is 5.32 Å². The SMILES string of the molecule is CNCCCc1cnn(C(C)C)c1. The van der Waals surface area contributed by atoms with Crippen molar-refractivity contribution in [2.75, 3.05) is 13.6 Å². The van der Waals surface area contributed by atoms with Crippen LogP contribution in [-0.2, 0) is 6.42 Å². The molecule has 74 valence electrons. The lowest BCUT2D eigenvalue weighted by molar-refractivity contribution is 0.532. The van der Waals surface area contributed by atoms with E-state index in [2.05, 4.69) is 30.5 Å². The lowest BCUT2D eigenvalue weighted by Gasteiger charge is -2.03. The third-order valence-corrected chi connectivity index (χ3v) is 2.08. The first-order valence-corrected chi connectivity index (χ1v) is 4.91. The predicted octanol–water partition coefficient (Wildman–Crippen LogP) is 1.62. The highest BCUT2D eigenvalue weighted by molar-refractivity contribution is 5.04. The lowest BCUT2D eigenvalue weighted by atomic mass is 10.2. The van der Waals surface area contributed by atoms with Gasteiger partial charge in [0.25, 0.3) is 0 Å². The fourth-order valence-corrected chi connectivity index (χ4v) is 1.26. The van der Waals surface area contributed by atoms with Gasteiger partial charge in [-0.1, -0.05) is 0 Å². The molecule has 0 aliphatic rings. The Bertz CT molecular complexity index is 240. The van der Waals surface area contributed by atoms with Gasteiger partial charge in [0.05, 0.1) is 6.20 Å². The number of aryl methyl sites for hydroxylation is 1. The van der Waals surface area contributed by atoms with Crippen LogP contribution in [0.4, 0.5) is 0 Å². The molecular formula is C10H19N3. The minimum atomic E-state index is 0.470. The molecule has 0 unspecified atom stereocenters. The summed E-state index contributed by atoms with van der Waals surface area (Å²) in [5, 5.41) is 7.43. The molecule has 0 atom stereocenters. The summed E-state index contributed by atoms with van der Waals surface area (Å²) >= 11 is 0. The molecule has 0 fully saturated rings. The van der Waals surface area contributed by atoms with Gasteiger partial charge in [0.15, 0.2) is 0 Å². The molecule has 1 rings (SSSR count). The Balaban J connectivity index is 2.40. The van der Waals surface area contributed by atoms with Crippen LogP contribution in [0.2, 0.25) is 0 Å². The van der Waals surface area contributed by atoms with Crippen molar-refractivity contribution in [3.05, 3.63) is 18.0 Å². The maximum Gasteiger partial charge on any atom is 0.0521 e. The maximum atomic E-state index is 4.29. The molecule has 0 bridgehead atoms. The van der Waals surface area contributed by atoms with Gasteiger partial charge in [-0.3, -0.25) is 4.68 Å². The first kappa shape index (κ1) is 10.3. The summed E-state index contributed by atoms with van der Waals surface area (Å²) in [6, 6.07) is 0.470. The summed E-state index contributed by atoms with van der Waals surface area (Å²) in [6.45, 7) is 5.36. The van der Waals surface area contributed by atoms with Crippen molar-refractivity contribution in [2.24, 2.45) is 0 Å². The average molecular weight is 181 g/mol. The van der Waals surface area contributed by atoms with Crippen LogP contribution in [0, 0.1) is 0 Å². The zero-order valence-corrected chi connectivity index (χ0v) is 8.75. The molecule has 0 saturated carbocycles. The molecule has 3 nitrogen and oxygen atoms in total.